The molecule has 4 heteroatoms. The molecule has 0 unspecified atom stereocenters. The highest BCUT2D eigenvalue weighted by atomic mass is 14.8. The number of pyridine rings is 2. The zero-order valence-electron chi connectivity index (χ0n) is 23.7. The van der Waals surface area contributed by atoms with Crippen molar-refractivity contribution in [3.05, 3.63) is 137 Å². The Morgan fingerprint density at radius 1 is 0.634 bits per heavy atom. The van der Waals surface area contributed by atoms with E-state index in [0.29, 0.717) is 0 Å². The number of aliphatic imine (C=N–C) groups is 1. The third kappa shape index (κ3) is 4.57. The van der Waals surface area contributed by atoms with Crippen LogP contribution in [0.4, 0.5) is 0 Å². The fourth-order valence-electron chi connectivity index (χ4n) is 5.84. The van der Waals surface area contributed by atoms with Crippen LogP contribution in [0.5, 0.6) is 0 Å². The molecule has 198 valence electrons. The summed E-state index contributed by atoms with van der Waals surface area (Å²) in [4.78, 5) is 18.8. The Morgan fingerprint density at radius 3 is 1.73 bits per heavy atom. The van der Waals surface area contributed by atoms with Crippen LogP contribution >= 0.6 is 0 Å². The molecule has 0 bridgehead atoms. The molecule has 0 amide bonds. The van der Waals surface area contributed by atoms with E-state index in [1.807, 2.05) is 24.3 Å². The number of aryl methyl sites for hydroxylation is 2. The average Bonchev–Trinajstić information content (AvgIpc) is 3.50. The number of H-pyrrole nitrogens is 1. The van der Waals surface area contributed by atoms with Gasteiger partial charge in [-0.2, -0.15) is 0 Å². The zero-order valence-corrected chi connectivity index (χ0v) is 23.7. The lowest BCUT2D eigenvalue weighted by molar-refractivity contribution is 1.21. The minimum atomic E-state index is 0.926. The number of nitrogens with one attached hydrogen (secondary N) is 1. The summed E-state index contributed by atoms with van der Waals surface area (Å²) in [5.74, 6) is 0. The number of allylic oxidation sites excluding steroid dienone is 2. The number of nitrogens with zero attached hydrogens (tertiary/aromatic N) is 3. The summed E-state index contributed by atoms with van der Waals surface area (Å²) < 4.78 is 0. The largest absolute Gasteiger partial charge is 0.358 e. The van der Waals surface area contributed by atoms with Crippen molar-refractivity contribution >= 4 is 33.1 Å². The first kappa shape index (κ1) is 24.9. The minimum absolute atomic E-state index is 0.926. The number of benzene rings is 3. The number of para-hydroxylation sites is 2. The molecule has 6 aromatic rings. The van der Waals surface area contributed by atoms with Crippen LogP contribution in [-0.2, 0) is 0 Å². The lowest BCUT2D eigenvalue weighted by Crippen LogP contribution is -1.99. The van der Waals surface area contributed by atoms with E-state index in [1.54, 1.807) is 0 Å². The van der Waals surface area contributed by atoms with Crippen molar-refractivity contribution in [2.24, 2.45) is 4.99 Å². The minimum Gasteiger partial charge on any atom is -0.358 e. The Bertz CT molecular complexity index is 1990. The van der Waals surface area contributed by atoms with E-state index in [4.69, 9.17) is 15.0 Å². The van der Waals surface area contributed by atoms with Gasteiger partial charge in [0.2, 0.25) is 0 Å². The molecule has 41 heavy (non-hydrogen) atoms. The predicted octanol–water partition coefficient (Wildman–Crippen LogP) is 9.24. The summed E-state index contributed by atoms with van der Waals surface area (Å²) in [5.41, 5.74) is 14.6. The van der Waals surface area contributed by atoms with Gasteiger partial charge < -0.3 is 4.98 Å². The van der Waals surface area contributed by atoms with Crippen molar-refractivity contribution in [2.75, 3.05) is 0 Å². The SMILES string of the molecule is CC1=CC(C)=N/C1=C(/c1cc(-c2ccc3ccccc3n2)cc(-c2ccc3ccccc3n2)c1)c1[nH]c(C)cc1C. The third-order valence-electron chi connectivity index (χ3n) is 7.73. The van der Waals surface area contributed by atoms with Gasteiger partial charge in [0.15, 0.2) is 0 Å². The molecule has 0 saturated heterocycles. The number of hydrogen-bond donors (Lipinski definition) is 1. The van der Waals surface area contributed by atoms with Gasteiger partial charge in [0.25, 0.3) is 0 Å². The Balaban J connectivity index is 1.52. The average molecular weight is 531 g/mol. The van der Waals surface area contributed by atoms with Gasteiger partial charge in [-0.3, -0.25) is 4.99 Å². The van der Waals surface area contributed by atoms with Gasteiger partial charge in [0.1, 0.15) is 0 Å². The first-order valence-corrected chi connectivity index (χ1v) is 14.0. The topological polar surface area (TPSA) is 53.9 Å². The molecule has 0 spiro atoms. The molecular weight excluding hydrogens is 500 g/mol. The van der Waals surface area contributed by atoms with Gasteiger partial charge >= 0.3 is 0 Å². The van der Waals surface area contributed by atoms with Gasteiger partial charge in [-0.05, 0) is 99.0 Å². The van der Waals surface area contributed by atoms with Crippen molar-refractivity contribution in [1.82, 2.24) is 15.0 Å². The number of aromatic nitrogens is 3. The molecule has 7 rings (SSSR count). The number of hydrogen-bond acceptors (Lipinski definition) is 3. The quantitative estimate of drug-likeness (QED) is 0.247. The molecule has 1 aliphatic heterocycles. The lowest BCUT2D eigenvalue weighted by atomic mass is 9.91. The maximum Gasteiger partial charge on any atom is 0.0761 e. The maximum atomic E-state index is 5.07. The van der Waals surface area contributed by atoms with Crippen LogP contribution in [0.1, 0.15) is 36.4 Å². The van der Waals surface area contributed by atoms with Crippen LogP contribution in [0.3, 0.4) is 0 Å². The summed E-state index contributed by atoms with van der Waals surface area (Å²) in [6.45, 7) is 8.46. The van der Waals surface area contributed by atoms with E-state index in [0.717, 1.165) is 83.8 Å². The van der Waals surface area contributed by atoms with Gasteiger partial charge in [0, 0.05) is 38.9 Å². The molecule has 0 fully saturated rings. The Hall–Kier alpha value is -5.09. The van der Waals surface area contributed by atoms with Crippen LogP contribution in [0.2, 0.25) is 0 Å². The Kier molecular flexibility index (Phi) is 5.97. The van der Waals surface area contributed by atoms with Gasteiger partial charge in [-0.15, -0.1) is 0 Å². The first-order valence-electron chi connectivity index (χ1n) is 14.0. The highest BCUT2D eigenvalue weighted by Crippen LogP contribution is 2.39. The molecule has 1 N–H and O–H groups in total. The van der Waals surface area contributed by atoms with E-state index in [9.17, 15) is 0 Å². The molecule has 1 aliphatic rings. The van der Waals surface area contributed by atoms with Crippen LogP contribution in [-0.4, -0.2) is 20.7 Å². The van der Waals surface area contributed by atoms with Gasteiger partial charge in [0.05, 0.1) is 33.8 Å². The smallest absolute Gasteiger partial charge is 0.0761 e. The molecule has 0 aliphatic carbocycles. The van der Waals surface area contributed by atoms with Gasteiger partial charge in [-0.25, -0.2) is 9.97 Å². The molecular formula is C37H30N4. The molecule has 3 aromatic carbocycles. The fraction of sp³-hybridized carbons (Fsp3) is 0.108. The summed E-state index contributed by atoms with van der Waals surface area (Å²) in [6, 6.07) is 33.9. The molecule has 0 atom stereocenters. The predicted molar refractivity (Wildman–Crippen MR) is 171 cm³/mol. The van der Waals surface area contributed by atoms with Crippen molar-refractivity contribution < 1.29 is 0 Å². The van der Waals surface area contributed by atoms with Crippen LogP contribution in [0.25, 0.3) is 49.9 Å². The van der Waals surface area contributed by atoms with E-state index < -0.39 is 0 Å². The van der Waals surface area contributed by atoms with E-state index in [1.165, 1.54) is 5.56 Å². The lowest BCUT2D eigenvalue weighted by Gasteiger charge is -2.16. The summed E-state index contributed by atoms with van der Waals surface area (Å²) >= 11 is 0. The molecule has 0 radical (unpaired) electrons. The summed E-state index contributed by atoms with van der Waals surface area (Å²) in [5, 5.41) is 2.25. The Labute approximate surface area is 239 Å². The highest BCUT2D eigenvalue weighted by molar-refractivity contribution is 6.01. The molecule has 4 nitrogen and oxygen atoms in total. The second kappa shape index (κ2) is 9.83. The van der Waals surface area contributed by atoms with Crippen LogP contribution in [0, 0.1) is 13.8 Å². The van der Waals surface area contributed by atoms with Crippen molar-refractivity contribution in [1.29, 1.82) is 0 Å². The Morgan fingerprint density at radius 2 is 1.22 bits per heavy atom. The van der Waals surface area contributed by atoms with Crippen LogP contribution < -0.4 is 0 Å². The second-order valence-corrected chi connectivity index (χ2v) is 10.9. The van der Waals surface area contributed by atoms with Crippen LogP contribution in [0.15, 0.2) is 119 Å². The van der Waals surface area contributed by atoms with E-state index >= 15 is 0 Å². The molecule has 0 saturated carbocycles. The zero-order chi connectivity index (χ0) is 28.1. The maximum absolute atomic E-state index is 5.07. The first-order chi connectivity index (χ1) is 19.9. The van der Waals surface area contributed by atoms with E-state index in [2.05, 4.69) is 112 Å². The van der Waals surface area contributed by atoms with E-state index in [-0.39, 0.29) is 0 Å². The summed E-state index contributed by atoms with van der Waals surface area (Å²) in [6.07, 6.45) is 2.15. The fourth-order valence-corrected chi connectivity index (χ4v) is 5.84. The van der Waals surface area contributed by atoms with Gasteiger partial charge in [-0.1, -0.05) is 48.5 Å². The molecule has 4 heterocycles. The summed E-state index contributed by atoms with van der Waals surface area (Å²) in [7, 11) is 0. The van der Waals surface area contributed by atoms with Crippen molar-refractivity contribution in [3.63, 3.8) is 0 Å². The standard InChI is InChI=1S/C37H30N4/c1-22-17-24(3)38-36(22)35(37-23(2)18-25(4)39-37)30-20-28(33-15-13-26-9-5-7-11-31(26)40-33)19-29(21-30)34-16-14-27-10-6-8-12-32(27)41-34/h5-21,38H,1-4H3/b37-35-. The number of aromatic amines is 1. The number of rotatable bonds is 4. The number of fused-ring (bicyclic) bond motifs is 2. The third-order valence-corrected chi connectivity index (χ3v) is 7.73. The molecule has 3 aromatic heterocycles. The second-order valence-electron chi connectivity index (χ2n) is 10.9. The van der Waals surface area contributed by atoms with Crippen molar-refractivity contribution in [3.8, 4) is 22.5 Å². The highest BCUT2D eigenvalue weighted by Gasteiger charge is 2.22. The monoisotopic (exact) mass is 530 g/mol. The normalized spacial score (nSPS) is 14.4. The van der Waals surface area contributed by atoms with Crippen molar-refractivity contribution in [2.45, 2.75) is 27.7 Å².